The second kappa shape index (κ2) is 10.9. The smallest absolute Gasteiger partial charge is 0.300 e. The van der Waals surface area contributed by atoms with Crippen LogP contribution in [-0.2, 0) is 9.59 Å². The van der Waals surface area contributed by atoms with Gasteiger partial charge in [0.05, 0.1) is 37.5 Å². The summed E-state index contributed by atoms with van der Waals surface area (Å²) in [5.74, 6) is -0.961. The van der Waals surface area contributed by atoms with E-state index in [9.17, 15) is 19.8 Å². The number of nitrogens with zero attached hydrogens (tertiary/aromatic N) is 1. The first kappa shape index (κ1) is 26.6. The van der Waals surface area contributed by atoms with Crippen molar-refractivity contribution < 1.29 is 34.0 Å². The van der Waals surface area contributed by atoms with Crippen LogP contribution in [0.15, 0.2) is 60.2 Å². The van der Waals surface area contributed by atoms with Crippen molar-refractivity contribution in [2.75, 3.05) is 25.2 Å². The summed E-state index contributed by atoms with van der Waals surface area (Å²) in [6, 6.07) is 14.1. The Morgan fingerprint density at radius 2 is 1.71 bits per heavy atom. The maximum absolute atomic E-state index is 13.6. The molecule has 1 heterocycles. The lowest BCUT2D eigenvalue weighted by Gasteiger charge is -2.26. The predicted octanol–water partition coefficient (Wildman–Crippen LogP) is 5.44. The molecule has 0 aromatic heterocycles. The molecule has 0 spiro atoms. The van der Waals surface area contributed by atoms with E-state index in [2.05, 4.69) is 0 Å². The second-order valence-electron chi connectivity index (χ2n) is 8.92. The largest absolute Gasteiger partial charge is 0.507 e. The number of phenols is 1. The van der Waals surface area contributed by atoms with Crippen LogP contribution in [0.4, 0.5) is 5.69 Å². The number of ketones is 1. The number of methoxy groups -OCH3 is 1. The van der Waals surface area contributed by atoms with Gasteiger partial charge < -0.3 is 24.4 Å². The third-order valence-electron chi connectivity index (χ3n) is 6.33. The van der Waals surface area contributed by atoms with E-state index >= 15 is 0 Å². The highest BCUT2D eigenvalue weighted by molar-refractivity contribution is 6.51. The SMILES string of the molecule is CCOc1cccc(N2C(=O)C(=O)/C(=C(/O)c3cc(C)cc(C)c3OC)C2c2ccc(O)c(OCC)c2)c1. The molecule has 1 saturated heterocycles. The number of benzene rings is 3. The minimum atomic E-state index is -1.02. The number of hydrogen-bond donors (Lipinski definition) is 2. The van der Waals surface area contributed by atoms with Crippen LogP contribution in [-0.4, -0.2) is 42.2 Å². The van der Waals surface area contributed by atoms with Crippen LogP contribution in [0.3, 0.4) is 0 Å². The number of ether oxygens (including phenoxy) is 3. The van der Waals surface area contributed by atoms with Gasteiger partial charge in [0, 0.05) is 11.8 Å². The van der Waals surface area contributed by atoms with Crippen LogP contribution in [0.5, 0.6) is 23.0 Å². The summed E-state index contributed by atoms with van der Waals surface area (Å²) < 4.78 is 16.8. The number of aromatic hydroxyl groups is 1. The van der Waals surface area contributed by atoms with Gasteiger partial charge in [0.15, 0.2) is 11.5 Å². The summed E-state index contributed by atoms with van der Waals surface area (Å²) in [5, 5.41) is 21.9. The van der Waals surface area contributed by atoms with E-state index in [4.69, 9.17) is 14.2 Å². The molecule has 0 radical (unpaired) electrons. The molecule has 198 valence electrons. The lowest BCUT2D eigenvalue weighted by Crippen LogP contribution is -2.29. The molecule has 8 nitrogen and oxygen atoms in total. The quantitative estimate of drug-likeness (QED) is 0.233. The number of aliphatic hydroxyl groups is 1. The van der Waals surface area contributed by atoms with Gasteiger partial charge in [0.2, 0.25) is 0 Å². The highest BCUT2D eigenvalue weighted by atomic mass is 16.5. The van der Waals surface area contributed by atoms with Crippen LogP contribution in [0.1, 0.15) is 42.1 Å². The molecule has 4 rings (SSSR count). The number of Topliss-reactive ketones (excluding diaryl/α,β-unsaturated/α-hetero) is 1. The zero-order valence-corrected chi connectivity index (χ0v) is 22.1. The number of anilines is 1. The van der Waals surface area contributed by atoms with Crippen LogP contribution >= 0.6 is 0 Å². The number of aliphatic hydroxyl groups excluding tert-OH is 1. The number of hydrogen-bond acceptors (Lipinski definition) is 7. The average Bonchev–Trinajstić information content (AvgIpc) is 3.15. The third kappa shape index (κ3) is 4.77. The number of aryl methyl sites for hydroxylation is 2. The highest BCUT2D eigenvalue weighted by Gasteiger charge is 2.47. The molecule has 0 bridgehead atoms. The zero-order valence-electron chi connectivity index (χ0n) is 22.1. The molecule has 0 aliphatic carbocycles. The Kier molecular flexibility index (Phi) is 7.62. The number of carbonyl (C=O) groups excluding carboxylic acids is 2. The summed E-state index contributed by atoms with van der Waals surface area (Å²) >= 11 is 0. The molecular formula is C30H31NO7. The van der Waals surface area contributed by atoms with E-state index in [1.165, 1.54) is 18.1 Å². The fraction of sp³-hybridized carbons (Fsp3) is 0.267. The maximum atomic E-state index is 13.6. The summed E-state index contributed by atoms with van der Waals surface area (Å²) in [6.45, 7) is 8.06. The van der Waals surface area contributed by atoms with Gasteiger partial charge in [0.25, 0.3) is 11.7 Å². The van der Waals surface area contributed by atoms with Crippen molar-refractivity contribution in [3.8, 4) is 23.0 Å². The van der Waals surface area contributed by atoms with Crippen molar-refractivity contribution in [1.82, 2.24) is 0 Å². The zero-order chi connectivity index (χ0) is 27.6. The van der Waals surface area contributed by atoms with Gasteiger partial charge in [-0.25, -0.2) is 0 Å². The fourth-order valence-electron chi connectivity index (χ4n) is 4.82. The topological polar surface area (TPSA) is 106 Å². The number of carbonyl (C=O) groups is 2. The Balaban J connectivity index is 2.01. The number of rotatable bonds is 8. The molecule has 1 fully saturated rings. The molecule has 1 unspecified atom stereocenters. The second-order valence-corrected chi connectivity index (χ2v) is 8.92. The first-order valence-electron chi connectivity index (χ1n) is 12.4. The first-order valence-corrected chi connectivity index (χ1v) is 12.4. The van der Waals surface area contributed by atoms with Gasteiger partial charge >= 0.3 is 0 Å². The van der Waals surface area contributed by atoms with Gasteiger partial charge in [-0.1, -0.05) is 18.2 Å². The van der Waals surface area contributed by atoms with Crippen molar-refractivity contribution in [1.29, 1.82) is 0 Å². The Hall–Kier alpha value is -4.46. The third-order valence-corrected chi connectivity index (χ3v) is 6.33. The molecule has 8 heteroatoms. The summed E-state index contributed by atoms with van der Waals surface area (Å²) in [6.07, 6.45) is 0. The molecule has 1 amide bonds. The molecule has 3 aromatic rings. The van der Waals surface area contributed by atoms with Gasteiger partial charge in [-0.3, -0.25) is 14.5 Å². The van der Waals surface area contributed by atoms with Crippen molar-refractivity contribution in [3.63, 3.8) is 0 Å². The van der Waals surface area contributed by atoms with Crippen molar-refractivity contribution in [3.05, 3.63) is 82.4 Å². The summed E-state index contributed by atoms with van der Waals surface area (Å²) in [7, 11) is 1.48. The highest BCUT2D eigenvalue weighted by Crippen LogP contribution is 2.45. The molecule has 38 heavy (non-hydrogen) atoms. The van der Waals surface area contributed by atoms with E-state index in [0.717, 1.165) is 11.1 Å². The van der Waals surface area contributed by atoms with E-state index in [1.807, 2.05) is 26.8 Å². The van der Waals surface area contributed by atoms with E-state index in [1.54, 1.807) is 49.4 Å². The van der Waals surface area contributed by atoms with Gasteiger partial charge in [-0.05, 0) is 74.7 Å². The van der Waals surface area contributed by atoms with Crippen LogP contribution in [0.25, 0.3) is 5.76 Å². The molecule has 1 aliphatic rings. The molecule has 1 atom stereocenters. The number of phenolic OH excluding ortho intramolecular Hbond substituents is 1. The van der Waals surface area contributed by atoms with E-state index < -0.39 is 17.7 Å². The maximum Gasteiger partial charge on any atom is 0.300 e. The fourth-order valence-corrected chi connectivity index (χ4v) is 4.82. The van der Waals surface area contributed by atoms with Gasteiger partial charge in [-0.15, -0.1) is 0 Å². The van der Waals surface area contributed by atoms with Crippen molar-refractivity contribution in [2.45, 2.75) is 33.7 Å². The summed E-state index contributed by atoms with van der Waals surface area (Å²) in [5.41, 5.74) is 2.71. The Bertz CT molecular complexity index is 1430. The normalized spacial score (nSPS) is 16.6. The molecule has 1 aliphatic heterocycles. The predicted molar refractivity (Wildman–Crippen MR) is 144 cm³/mol. The minimum absolute atomic E-state index is 0.0816. The summed E-state index contributed by atoms with van der Waals surface area (Å²) in [4.78, 5) is 28.5. The van der Waals surface area contributed by atoms with E-state index in [0.29, 0.717) is 41.5 Å². The van der Waals surface area contributed by atoms with Crippen molar-refractivity contribution in [2.24, 2.45) is 0 Å². The average molecular weight is 518 g/mol. The van der Waals surface area contributed by atoms with E-state index in [-0.39, 0.29) is 22.8 Å². The van der Waals surface area contributed by atoms with Crippen molar-refractivity contribution >= 4 is 23.1 Å². The van der Waals surface area contributed by atoms with Gasteiger partial charge in [-0.2, -0.15) is 0 Å². The molecule has 3 aromatic carbocycles. The van der Waals surface area contributed by atoms with Gasteiger partial charge in [0.1, 0.15) is 17.3 Å². The number of amides is 1. The molecule has 0 saturated carbocycles. The first-order chi connectivity index (χ1) is 18.2. The molecule has 2 N–H and O–H groups in total. The van der Waals surface area contributed by atoms with Crippen LogP contribution in [0, 0.1) is 13.8 Å². The monoisotopic (exact) mass is 517 g/mol. The Morgan fingerprint density at radius 3 is 2.39 bits per heavy atom. The lowest BCUT2D eigenvalue weighted by molar-refractivity contribution is -0.132. The standard InChI is InChI=1S/C30H31NO7/c1-6-37-21-10-8-9-20(16-21)31-26(19-11-12-23(32)24(15-19)38-7-2)25(28(34)30(31)35)27(33)22-14-17(3)13-18(4)29(22)36-5/h8-16,26,32-33H,6-7H2,1-5H3/b27-25+. The van der Waals surface area contributed by atoms with Crippen LogP contribution < -0.4 is 19.1 Å². The molecular weight excluding hydrogens is 486 g/mol. The lowest BCUT2D eigenvalue weighted by atomic mass is 9.93. The Labute approximate surface area is 221 Å². The Morgan fingerprint density at radius 1 is 0.974 bits per heavy atom. The minimum Gasteiger partial charge on any atom is -0.507 e. The van der Waals surface area contributed by atoms with Crippen LogP contribution in [0.2, 0.25) is 0 Å².